The number of carbonyl (C=O) groups excluding carboxylic acids is 1. The SMILES string of the molecule is CC[C@H](NC(=O)NCCn1cc([N+](=O)[O-])cn1)c1c(C)nn(C)c1C. The lowest BCUT2D eigenvalue weighted by Gasteiger charge is -2.18. The normalized spacial score (nSPS) is 12.0. The van der Waals surface area contributed by atoms with Crippen LogP contribution in [0.2, 0.25) is 0 Å². The van der Waals surface area contributed by atoms with Gasteiger partial charge in [0.2, 0.25) is 0 Å². The zero-order valence-corrected chi connectivity index (χ0v) is 14.8. The van der Waals surface area contributed by atoms with Crippen LogP contribution in [0.3, 0.4) is 0 Å². The summed E-state index contributed by atoms with van der Waals surface area (Å²) in [5.74, 6) is 0. The molecule has 0 radical (unpaired) electrons. The number of carbonyl (C=O) groups is 1. The fourth-order valence-electron chi connectivity index (χ4n) is 2.74. The van der Waals surface area contributed by atoms with Crippen molar-refractivity contribution < 1.29 is 9.72 Å². The summed E-state index contributed by atoms with van der Waals surface area (Å²) in [6.45, 7) is 6.56. The number of hydrogen-bond acceptors (Lipinski definition) is 5. The Labute approximate surface area is 145 Å². The van der Waals surface area contributed by atoms with E-state index in [0.717, 1.165) is 23.4 Å². The van der Waals surface area contributed by atoms with Crippen LogP contribution in [0.15, 0.2) is 12.4 Å². The maximum atomic E-state index is 12.1. The molecule has 2 N–H and O–H groups in total. The Kier molecular flexibility index (Phi) is 5.73. The Morgan fingerprint density at radius 3 is 2.68 bits per heavy atom. The lowest BCUT2D eigenvalue weighted by molar-refractivity contribution is -0.385. The predicted octanol–water partition coefficient (Wildman–Crippen LogP) is 1.59. The minimum absolute atomic E-state index is 0.0713. The summed E-state index contributed by atoms with van der Waals surface area (Å²) in [5.41, 5.74) is 2.88. The van der Waals surface area contributed by atoms with Crippen LogP contribution in [0.1, 0.15) is 36.3 Å². The molecule has 136 valence electrons. The van der Waals surface area contributed by atoms with Crippen LogP contribution in [0.5, 0.6) is 0 Å². The number of hydrogen-bond donors (Lipinski definition) is 2. The van der Waals surface area contributed by atoms with Crippen LogP contribution in [0.25, 0.3) is 0 Å². The molecule has 0 fully saturated rings. The van der Waals surface area contributed by atoms with Crippen LogP contribution in [-0.4, -0.2) is 37.1 Å². The van der Waals surface area contributed by atoms with E-state index in [2.05, 4.69) is 20.8 Å². The third kappa shape index (κ3) is 4.34. The molecule has 0 bridgehead atoms. The van der Waals surface area contributed by atoms with Gasteiger partial charge in [0.1, 0.15) is 12.4 Å². The molecule has 0 unspecified atom stereocenters. The van der Waals surface area contributed by atoms with Crippen LogP contribution in [0, 0.1) is 24.0 Å². The van der Waals surface area contributed by atoms with Gasteiger partial charge in [0.15, 0.2) is 0 Å². The Bertz CT molecular complexity index is 765. The standard InChI is InChI=1S/C15H23N7O3/c1-5-13(14-10(2)19-20(4)11(14)3)18-15(23)16-6-7-21-9-12(8-17-21)22(24)25/h8-9,13H,5-7H2,1-4H3,(H2,16,18,23)/t13-/m0/s1. The third-order valence-corrected chi connectivity index (χ3v) is 4.08. The van der Waals surface area contributed by atoms with Crippen molar-refractivity contribution in [1.29, 1.82) is 0 Å². The number of amides is 2. The van der Waals surface area contributed by atoms with E-state index >= 15 is 0 Å². The molecule has 2 aromatic rings. The molecule has 0 aromatic carbocycles. The summed E-state index contributed by atoms with van der Waals surface area (Å²) >= 11 is 0. The number of aromatic nitrogens is 4. The van der Waals surface area contributed by atoms with Crippen molar-refractivity contribution in [1.82, 2.24) is 30.2 Å². The smallest absolute Gasteiger partial charge is 0.315 e. The number of rotatable bonds is 7. The molecule has 0 saturated heterocycles. The Morgan fingerprint density at radius 1 is 1.44 bits per heavy atom. The van der Waals surface area contributed by atoms with E-state index in [9.17, 15) is 14.9 Å². The average Bonchev–Trinajstić information content (AvgIpc) is 3.11. The van der Waals surface area contributed by atoms with Gasteiger partial charge in [0.25, 0.3) is 0 Å². The van der Waals surface area contributed by atoms with Gasteiger partial charge < -0.3 is 10.6 Å². The predicted molar refractivity (Wildman–Crippen MR) is 91.1 cm³/mol. The summed E-state index contributed by atoms with van der Waals surface area (Å²) in [5, 5.41) is 24.6. The second kappa shape index (κ2) is 7.77. The van der Waals surface area contributed by atoms with Gasteiger partial charge in [-0.25, -0.2) is 4.79 Å². The van der Waals surface area contributed by atoms with Crippen molar-refractivity contribution in [3.63, 3.8) is 0 Å². The number of urea groups is 1. The van der Waals surface area contributed by atoms with E-state index < -0.39 is 4.92 Å². The van der Waals surface area contributed by atoms with Gasteiger partial charge in [-0.05, 0) is 20.3 Å². The van der Waals surface area contributed by atoms with Crippen molar-refractivity contribution in [3.8, 4) is 0 Å². The van der Waals surface area contributed by atoms with Crippen LogP contribution >= 0.6 is 0 Å². The fourth-order valence-corrected chi connectivity index (χ4v) is 2.74. The molecular weight excluding hydrogens is 326 g/mol. The monoisotopic (exact) mass is 349 g/mol. The third-order valence-electron chi connectivity index (χ3n) is 4.08. The molecule has 1 atom stereocenters. The maximum Gasteiger partial charge on any atom is 0.315 e. The number of nitrogens with zero attached hydrogens (tertiary/aromatic N) is 5. The number of nitro groups is 1. The molecule has 10 heteroatoms. The highest BCUT2D eigenvalue weighted by molar-refractivity contribution is 5.74. The molecule has 2 aromatic heterocycles. The van der Waals surface area contributed by atoms with E-state index in [1.807, 2.05) is 27.8 Å². The van der Waals surface area contributed by atoms with E-state index in [1.165, 1.54) is 17.1 Å². The molecule has 0 saturated carbocycles. The van der Waals surface area contributed by atoms with Crippen molar-refractivity contribution in [2.45, 2.75) is 39.8 Å². The summed E-state index contributed by atoms with van der Waals surface area (Å²) in [6.07, 6.45) is 3.25. The van der Waals surface area contributed by atoms with Crippen molar-refractivity contribution in [3.05, 3.63) is 39.5 Å². The minimum atomic E-state index is -0.506. The fraction of sp³-hybridized carbons (Fsp3) is 0.533. The van der Waals surface area contributed by atoms with Gasteiger partial charge in [-0.15, -0.1) is 0 Å². The summed E-state index contributed by atoms with van der Waals surface area (Å²) < 4.78 is 3.22. The zero-order chi connectivity index (χ0) is 18.6. The van der Waals surface area contributed by atoms with Crippen molar-refractivity contribution in [2.75, 3.05) is 6.54 Å². The molecule has 0 spiro atoms. The Balaban J connectivity index is 1.88. The quantitative estimate of drug-likeness (QED) is 0.581. The number of aryl methyl sites for hydroxylation is 2. The van der Waals surface area contributed by atoms with E-state index in [0.29, 0.717) is 13.1 Å². The maximum absolute atomic E-state index is 12.1. The van der Waals surface area contributed by atoms with Gasteiger partial charge in [0.05, 0.1) is 23.2 Å². The molecule has 0 aliphatic heterocycles. The lowest BCUT2D eigenvalue weighted by Crippen LogP contribution is -2.39. The van der Waals surface area contributed by atoms with Crippen LogP contribution in [-0.2, 0) is 13.6 Å². The van der Waals surface area contributed by atoms with E-state index in [1.54, 1.807) is 4.68 Å². The highest BCUT2D eigenvalue weighted by Crippen LogP contribution is 2.23. The molecule has 2 heterocycles. The Morgan fingerprint density at radius 2 is 2.16 bits per heavy atom. The van der Waals surface area contributed by atoms with Gasteiger partial charge in [-0.1, -0.05) is 6.92 Å². The van der Waals surface area contributed by atoms with Crippen LogP contribution < -0.4 is 10.6 Å². The van der Waals surface area contributed by atoms with Crippen molar-refractivity contribution >= 4 is 11.7 Å². The summed E-state index contributed by atoms with van der Waals surface area (Å²) in [4.78, 5) is 22.2. The first kappa shape index (κ1) is 18.4. The average molecular weight is 349 g/mol. The first-order chi connectivity index (χ1) is 11.8. The highest BCUT2D eigenvalue weighted by Gasteiger charge is 2.20. The molecule has 25 heavy (non-hydrogen) atoms. The highest BCUT2D eigenvalue weighted by atomic mass is 16.6. The van der Waals surface area contributed by atoms with Gasteiger partial charge in [-0.2, -0.15) is 10.2 Å². The summed E-state index contributed by atoms with van der Waals surface area (Å²) in [7, 11) is 1.88. The molecule has 10 nitrogen and oxygen atoms in total. The largest absolute Gasteiger partial charge is 0.336 e. The second-order valence-corrected chi connectivity index (χ2v) is 5.79. The molecular formula is C15H23N7O3. The number of nitrogens with one attached hydrogen (secondary N) is 2. The van der Waals surface area contributed by atoms with Crippen molar-refractivity contribution in [2.24, 2.45) is 7.05 Å². The van der Waals surface area contributed by atoms with Crippen LogP contribution in [0.4, 0.5) is 10.5 Å². The molecule has 0 aliphatic rings. The first-order valence-corrected chi connectivity index (χ1v) is 8.04. The Hall–Kier alpha value is -2.91. The van der Waals surface area contributed by atoms with E-state index in [4.69, 9.17) is 0 Å². The first-order valence-electron chi connectivity index (χ1n) is 8.04. The zero-order valence-electron chi connectivity index (χ0n) is 14.8. The topological polar surface area (TPSA) is 120 Å². The van der Waals surface area contributed by atoms with Gasteiger partial charge in [-0.3, -0.25) is 19.5 Å². The summed E-state index contributed by atoms with van der Waals surface area (Å²) in [6, 6.07) is -0.421. The second-order valence-electron chi connectivity index (χ2n) is 5.79. The van der Waals surface area contributed by atoms with Gasteiger partial charge >= 0.3 is 11.7 Å². The molecule has 2 rings (SSSR count). The lowest BCUT2D eigenvalue weighted by atomic mass is 10.0. The van der Waals surface area contributed by atoms with E-state index in [-0.39, 0.29) is 17.8 Å². The molecule has 0 aliphatic carbocycles. The van der Waals surface area contributed by atoms with Gasteiger partial charge in [0, 0.05) is 24.8 Å². The minimum Gasteiger partial charge on any atom is -0.336 e. The molecule has 2 amide bonds.